The van der Waals surface area contributed by atoms with Gasteiger partial charge in [-0.2, -0.15) is 0 Å². The minimum Gasteiger partial charge on any atom is -0.507 e. The number of aromatic hydroxyl groups is 1. The fourth-order valence-corrected chi connectivity index (χ4v) is 1.69. The van der Waals surface area contributed by atoms with Crippen molar-refractivity contribution in [2.45, 2.75) is 0 Å². The highest BCUT2D eigenvalue weighted by Gasteiger charge is 2.12. The van der Waals surface area contributed by atoms with Crippen molar-refractivity contribution in [3.8, 4) is 5.75 Å². The van der Waals surface area contributed by atoms with Gasteiger partial charge in [0.1, 0.15) is 5.75 Å². The molecule has 0 aliphatic rings. The van der Waals surface area contributed by atoms with Crippen LogP contribution < -0.4 is 0 Å². The first kappa shape index (κ1) is 14.3. The number of carboxylic acids is 2. The van der Waals surface area contributed by atoms with Crippen molar-refractivity contribution in [2.24, 2.45) is 4.99 Å². The van der Waals surface area contributed by atoms with Crippen LogP contribution in [-0.2, 0) is 0 Å². The van der Waals surface area contributed by atoms with Gasteiger partial charge in [0.2, 0.25) is 0 Å². The smallest absolute Gasteiger partial charge is 0.337 e. The molecule has 6 heteroatoms. The van der Waals surface area contributed by atoms with Crippen molar-refractivity contribution >= 4 is 23.8 Å². The lowest BCUT2D eigenvalue weighted by Crippen LogP contribution is -2.01. The van der Waals surface area contributed by atoms with Gasteiger partial charge < -0.3 is 15.3 Å². The van der Waals surface area contributed by atoms with Crippen LogP contribution in [0.2, 0.25) is 0 Å². The second kappa shape index (κ2) is 5.87. The second-order valence-corrected chi connectivity index (χ2v) is 4.16. The summed E-state index contributed by atoms with van der Waals surface area (Å²) in [4.78, 5) is 26.0. The fourth-order valence-electron chi connectivity index (χ4n) is 1.69. The quantitative estimate of drug-likeness (QED) is 0.748. The van der Waals surface area contributed by atoms with E-state index in [1.807, 2.05) is 0 Å². The average molecular weight is 285 g/mol. The van der Waals surface area contributed by atoms with Crippen molar-refractivity contribution < 1.29 is 24.9 Å². The summed E-state index contributed by atoms with van der Waals surface area (Å²) in [5, 5.41) is 27.6. The van der Waals surface area contributed by atoms with E-state index >= 15 is 0 Å². The molecule has 0 unspecified atom stereocenters. The molecule has 6 nitrogen and oxygen atoms in total. The van der Waals surface area contributed by atoms with Crippen molar-refractivity contribution in [2.75, 3.05) is 0 Å². The Labute approximate surface area is 119 Å². The third-order valence-corrected chi connectivity index (χ3v) is 2.75. The highest BCUT2D eigenvalue weighted by molar-refractivity contribution is 5.98. The first-order valence-corrected chi connectivity index (χ1v) is 5.91. The Hall–Kier alpha value is -3.15. The van der Waals surface area contributed by atoms with Crippen LogP contribution in [0.4, 0.5) is 5.69 Å². The minimum atomic E-state index is -1.21. The zero-order chi connectivity index (χ0) is 15.4. The molecular weight excluding hydrogens is 274 g/mol. The van der Waals surface area contributed by atoms with Gasteiger partial charge in [-0.25, -0.2) is 9.59 Å². The van der Waals surface area contributed by atoms with Crippen LogP contribution in [0, 0.1) is 0 Å². The van der Waals surface area contributed by atoms with E-state index in [9.17, 15) is 14.7 Å². The molecule has 3 N–H and O–H groups in total. The van der Waals surface area contributed by atoms with Crippen LogP contribution in [0.15, 0.2) is 47.5 Å². The van der Waals surface area contributed by atoms with Gasteiger partial charge in [0.25, 0.3) is 0 Å². The Morgan fingerprint density at radius 3 is 2.33 bits per heavy atom. The Morgan fingerprint density at radius 2 is 1.71 bits per heavy atom. The van der Waals surface area contributed by atoms with E-state index < -0.39 is 11.9 Å². The number of carboxylic acid groups (broad SMARTS) is 2. The molecule has 0 radical (unpaired) electrons. The molecule has 0 heterocycles. The standard InChI is InChI=1S/C15H11NO5/c17-13-4-2-1-3-10(13)8-16-12-7-9(14(18)19)5-6-11(12)15(20)21/h1-8,17H,(H,18,19)(H,20,21). The number of carbonyl (C=O) groups is 2. The molecule has 0 fully saturated rings. The summed E-state index contributed by atoms with van der Waals surface area (Å²) >= 11 is 0. The predicted octanol–water partition coefficient (Wildman–Crippen LogP) is 2.54. The number of benzene rings is 2. The van der Waals surface area contributed by atoms with Crippen molar-refractivity contribution in [3.05, 3.63) is 59.2 Å². The van der Waals surface area contributed by atoms with Gasteiger partial charge in [0, 0.05) is 11.8 Å². The van der Waals surface area contributed by atoms with Crippen LogP contribution in [0.1, 0.15) is 26.3 Å². The fraction of sp³-hybridized carbons (Fsp3) is 0. The summed E-state index contributed by atoms with van der Waals surface area (Å²) in [5.41, 5.74) is 0.219. The van der Waals surface area contributed by atoms with Crippen LogP contribution >= 0.6 is 0 Å². The first-order chi connectivity index (χ1) is 9.99. The summed E-state index contributed by atoms with van der Waals surface area (Å²) in [6.07, 6.45) is 1.28. The molecule has 2 aromatic carbocycles. The molecule has 106 valence electrons. The number of hydrogen-bond acceptors (Lipinski definition) is 4. The third-order valence-electron chi connectivity index (χ3n) is 2.75. The summed E-state index contributed by atoms with van der Waals surface area (Å²) in [6.45, 7) is 0. The number of phenolic OH excluding ortho intramolecular Hbond substituents is 1. The Balaban J connectivity index is 2.46. The van der Waals surface area contributed by atoms with Crippen LogP contribution in [0.25, 0.3) is 0 Å². The van der Waals surface area contributed by atoms with E-state index in [4.69, 9.17) is 10.2 Å². The molecule has 2 rings (SSSR count). The number of phenols is 1. The Kier molecular flexibility index (Phi) is 3.99. The number of rotatable bonds is 4. The zero-order valence-electron chi connectivity index (χ0n) is 10.7. The summed E-state index contributed by atoms with van der Waals surface area (Å²) in [6, 6.07) is 9.94. The molecule has 0 amide bonds. The lowest BCUT2D eigenvalue weighted by atomic mass is 10.1. The molecule has 0 saturated heterocycles. The molecule has 2 aromatic rings. The van der Waals surface area contributed by atoms with Crippen LogP contribution in [-0.4, -0.2) is 33.5 Å². The highest BCUT2D eigenvalue weighted by atomic mass is 16.4. The number of aliphatic imine (C=N–C) groups is 1. The lowest BCUT2D eigenvalue weighted by molar-refractivity contribution is 0.0682. The Morgan fingerprint density at radius 1 is 1.00 bits per heavy atom. The minimum absolute atomic E-state index is 0.00523. The summed E-state index contributed by atoms with van der Waals surface area (Å²) < 4.78 is 0. The summed E-state index contributed by atoms with van der Waals surface area (Å²) in [5.74, 6) is -2.39. The molecule has 0 spiro atoms. The normalized spacial score (nSPS) is 10.7. The van der Waals surface area contributed by atoms with Crippen molar-refractivity contribution in [3.63, 3.8) is 0 Å². The molecule has 21 heavy (non-hydrogen) atoms. The van der Waals surface area contributed by atoms with E-state index in [1.165, 1.54) is 30.5 Å². The molecule has 0 aromatic heterocycles. The Bertz CT molecular complexity index is 737. The predicted molar refractivity (Wildman–Crippen MR) is 75.7 cm³/mol. The third kappa shape index (κ3) is 3.24. The van der Waals surface area contributed by atoms with E-state index in [0.29, 0.717) is 5.56 Å². The number of nitrogens with zero attached hydrogens (tertiary/aromatic N) is 1. The van der Waals surface area contributed by atoms with Gasteiger partial charge in [-0.3, -0.25) is 4.99 Å². The van der Waals surface area contributed by atoms with E-state index in [1.54, 1.807) is 18.2 Å². The molecule has 0 bridgehead atoms. The monoisotopic (exact) mass is 285 g/mol. The highest BCUT2D eigenvalue weighted by Crippen LogP contribution is 2.22. The van der Waals surface area contributed by atoms with Gasteiger partial charge in [-0.15, -0.1) is 0 Å². The van der Waals surface area contributed by atoms with Gasteiger partial charge in [0.15, 0.2) is 0 Å². The first-order valence-electron chi connectivity index (χ1n) is 5.91. The molecular formula is C15H11NO5. The SMILES string of the molecule is O=C(O)c1ccc(C(=O)O)c(N=Cc2ccccc2O)c1. The maximum atomic E-state index is 11.1. The lowest BCUT2D eigenvalue weighted by Gasteiger charge is -2.03. The van der Waals surface area contributed by atoms with Gasteiger partial charge >= 0.3 is 11.9 Å². The second-order valence-electron chi connectivity index (χ2n) is 4.16. The van der Waals surface area contributed by atoms with Gasteiger partial charge in [0.05, 0.1) is 16.8 Å². The van der Waals surface area contributed by atoms with Gasteiger partial charge in [-0.1, -0.05) is 12.1 Å². The zero-order valence-corrected chi connectivity index (χ0v) is 10.7. The number of para-hydroxylation sites is 1. The van der Waals surface area contributed by atoms with Crippen LogP contribution in [0.3, 0.4) is 0 Å². The maximum absolute atomic E-state index is 11.1. The van der Waals surface area contributed by atoms with E-state index in [-0.39, 0.29) is 22.6 Å². The van der Waals surface area contributed by atoms with Crippen molar-refractivity contribution in [1.82, 2.24) is 0 Å². The topological polar surface area (TPSA) is 107 Å². The van der Waals surface area contributed by atoms with E-state index in [2.05, 4.69) is 4.99 Å². The van der Waals surface area contributed by atoms with Gasteiger partial charge in [-0.05, 0) is 30.3 Å². The largest absolute Gasteiger partial charge is 0.507 e. The number of hydrogen-bond donors (Lipinski definition) is 3. The van der Waals surface area contributed by atoms with Crippen LogP contribution in [0.5, 0.6) is 5.75 Å². The van der Waals surface area contributed by atoms with Crippen molar-refractivity contribution in [1.29, 1.82) is 0 Å². The molecule has 0 atom stereocenters. The molecule has 0 aliphatic carbocycles. The average Bonchev–Trinajstić information content (AvgIpc) is 2.46. The van der Waals surface area contributed by atoms with E-state index in [0.717, 1.165) is 0 Å². The maximum Gasteiger partial charge on any atom is 0.337 e. The molecule has 0 aliphatic heterocycles. The molecule has 0 saturated carbocycles. The number of aromatic carboxylic acids is 2. The summed E-state index contributed by atoms with van der Waals surface area (Å²) in [7, 11) is 0.